The maximum Gasteiger partial charge on any atom is 0.129 e. The van der Waals surface area contributed by atoms with Gasteiger partial charge in [-0.25, -0.2) is 4.98 Å². The summed E-state index contributed by atoms with van der Waals surface area (Å²) < 4.78 is 0. The summed E-state index contributed by atoms with van der Waals surface area (Å²) in [6.45, 7) is 5.26. The minimum atomic E-state index is 0.916. The molecule has 94 valence electrons. The number of nitrogens with zero attached hydrogens (tertiary/aromatic N) is 2. The SMILES string of the molecule is CNCc1cc(C)nc(N2CCCSCC2)c1. The Kier molecular flexibility index (Phi) is 4.68. The third-order valence-electron chi connectivity index (χ3n) is 2.93. The lowest BCUT2D eigenvalue weighted by molar-refractivity contribution is 0.785. The van der Waals surface area contributed by atoms with Crippen LogP contribution in [0.25, 0.3) is 0 Å². The highest BCUT2D eigenvalue weighted by molar-refractivity contribution is 7.99. The monoisotopic (exact) mass is 251 g/mol. The molecule has 0 saturated carbocycles. The number of anilines is 1. The predicted octanol–water partition coefficient (Wildman–Crippen LogP) is 2.05. The summed E-state index contributed by atoms with van der Waals surface area (Å²) in [6.07, 6.45) is 1.27. The second-order valence-electron chi connectivity index (χ2n) is 4.46. The van der Waals surface area contributed by atoms with Crippen molar-refractivity contribution < 1.29 is 0 Å². The van der Waals surface area contributed by atoms with Gasteiger partial charge in [-0.1, -0.05) is 0 Å². The molecule has 1 fully saturated rings. The third-order valence-corrected chi connectivity index (χ3v) is 3.98. The Morgan fingerprint density at radius 2 is 2.24 bits per heavy atom. The van der Waals surface area contributed by atoms with E-state index >= 15 is 0 Å². The Labute approximate surface area is 108 Å². The molecule has 3 nitrogen and oxygen atoms in total. The molecule has 1 aromatic rings. The van der Waals surface area contributed by atoms with Crippen LogP contribution in [-0.4, -0.2) is 36.6 Å². The molecule has 0 amide bonds. The fourth-order valence-electron chi connectivity index (χ4n) is 2.16. The molecule has 1 aliphatic heterocycles. The van der Waals surface area contributed by atoms with Crippen LogP contribution in [0.1, 0.15) is 17.7 Å². The van der Waals surface area contributed by atoms with Crippen molar-refractivity contribution in [2.75, 3.05) is 36.5 Å². The number of thioether (sulfide) groups is 1. The molecule has 0 radical (unpaired) electrons. The largest absolute Gasteiger partial charge is 0.356 e. The van der Waals surface area contributed by atoms with Gasteiger partial charge in [-0.05, 0) is 43.8 Å². The molecule has 0 aliphatic carbocycles. The lowest BCUT2D eigenvalue weighted by Crippen LogP contribution is -2.26. The highest BCUT2D eigenvalue weighted by atomic mass is 32.2. The lowest BCUT2D eigenvalue weighted by Gasteiger charge is -2.22. The van der Waals surface area contributed by atoms with E-state index in [9.17, 15) is 0 Å². The first kappa shape index (κ1) is 12.7. The number of nitrogens with one attached hydrogen (secondary N) is 1. The summed E-state index contributed by atoms with van der Waals surface area (Å²) in [4.78, 5) is 7.09. The summed E-state index contributed by atoms with van der Waals surface area (Å²) >= 11 is 2.05. The van der Waals surface area contributed by atoms with Gasteiger partial charge in [-0.15, -0.1) is 0 Å². The normalized spacial score (nSPS) is 16.9. The number of hydrogen-bond acceptors (Lipinski definition) is 4. The zero-order valence-corrected chi connectivity index (χ0v) is 11.5. The van der Waals surface area contributed by atoms with Crippen molar-refractivity contribution in [2.45, 2.75) is 19.9 Å². The topological polar surface area (TPSA) is 28.2 Å². The molecule has 0 aromatic carbocycles. The van der Waals surface area contributed by atoms with Crippen molar-refractivity contribution >= 4 is 17.6 Å². The first-order valence-electron chi connectivity index (χ1n) is 6.24. The van der Waals surface area contributed by atoms with E-state index in [1.807, 2.05) is 7.05 Å². The van der Waals surface area contributed by atoms with Crippen LogP contribution in [0.5, 0.6) is 0 Å². The molecule has 4 heteroatoms. The van der Waals surface area contributed by atoms with Crippen molar-refractivity contribution in [2.24, 2.45) is 0 Å². The first-order chi connectivity index (χ1) is 8.29. The molecule has 1 saturated heterocycles. The number of aromatic nitrogens is 1. The maximum atomic E-state index is 4.67. The minimum Gasteiger partial charge on any atom is -0.356 e. The van der Waals surface area contributed by atoms with Crippen LogP contribution in [0, 0.1) is 6.92 Å². The van der Waals surface area contributed by atoms with Crippen LogP contribution in [0.2, 0.25) is 0 Å². The molecule has 2 heterocycles. The van der Waals surface area contributed by atoms with Gasteiger partial charge in [0.2, 0.25) is 0 Å². The quantitative estimate of drug-likeness (QED) is 0.890. The summed E-state index contributed by atoms with van der Waals surface area (Å²) in [5, 5.41) is 3.20. The Morgan fingerprint density at radius 1 is 1.35 bits per heavy atom. The fraction of sp³-hybridized carbons (Fsp3) is 0.615. The van der Waals surface area contributed by atoms with Gasteiger partial charge >= 0.3 is 0 Å². The third kappa shape index (κ3) is 3.61. The zero-order chi connectivity index (χ0) is 12.1. The van der Waals surface area contributed by atoms with Crippen molar-refractivity contribution in [3.05, 3.63) is 23.4 Å². The van der Waals surface area contributed by atoms with Crippen molar-refractivity contribution in [1.29, 1.82) is 0 Å². The van der Waals surface area contributed by atoms with Crippen LogP contribution in [-0.2, 0) is 6.54 Å². The van der Waals surface area contributed by atoms with Crippen LogP contribution < -0.4 is 10.2 Å². The van der Waals surface area contributed by atoms with E-state index in [1.165, 1.54) is 23.5 Å². The van der Waals surface area contributed by atoms with Crippen LogP contribution in [0.3, 0.4) is 0 Å². The van der Waals surface area contributed by atoms with Crippen molar-refractivity contribution in [3.63, 3.8) is 0 Å². The van der Waals surface area contributed by atoms with Gasteiger partial charge in [-0.3, -0.25) is 0 Å². The van der Waals surface area contributed by atoms with E-state index in [1.54, 1.807) is 0 Å². The van der Waals surface area contributed by atoms with Crippen LogP contribution in [0.15, 0.2) is 12.1 Å². The Morgan fingerprint density at radius 3 is 3.06 bits per heavy atom. The van der Waals surface area contributed by atoms with Gasteiger partial charge in [-0.2, -0.15) is 11.8 Å². The van der Waals surface area contributed by atoms with Crippen molar-refractivity contribution in [3.8, 4) is 0 Å². The second-order valence-corrected chi connectivity index (χ2v) is 5.68. The molecule has 0 atom stereocenters. The summed E-state index contributed by atoms with van der Waals surface area (Å²) in [6, 6.07) is 4.38. The number of rotatable bonds is 3. The van der Waals surface area contributed by atoms with E-state index in [0.717, 1.165) is 31.1 Å². The molecule has 17 heavy (non-hydrogen) atoms. The van der Waals surface area contributed by atoms with Gasteiger partial charge in [0.15, 0.2) is 0 Å². The molecule has 1 aliphatic rings. The van der Waals surface area contributed by atoms with Gasteiger partial charge < -0.3 is 10.2 Å². The molecule has 1 N–H and O–H groups in total. The van der Waals surface area contributed by atoms with Gasteiger partial charge in [0.05, 0.1) is 0 Å². The highest BCUT2D eigenvalue weighted by Crippen LogP contribution is 2.19. The smallest absolute Gasteiger partial charge is 0.129 e. The van der Waals surface area contributed by atoms with E-state index < -0.39 is 0 Å². The van der Waals surface area contributed by atoms with Crippen molar-refractivity contribution in [1.82, 2.24) is 10.3 Å². The van der Waals surface area contributed by atoms with Crippen LogP contribution >= 0.6 is 11.8 Å². The van der Waals surface area contributed by atoms with E-state index in [4.69, 9.17) is 0 Å². The molecule has 2 rings (SSSR count). The van der Waals surface area contributed by atoms with E-state index in [-0.39, 0.29) is 0 Å². The molecule has 1 aromatic heterocycles. The van der Waals surface area contributed by atoms with Gasteiger partial charge in [0, 0.05) is 31.1 Å². The van der Waals surface area contributed by atoms with E-state index in [2.05, 4.69) is 46.0 Å². The van der Waals surface area contributed by atoms with Gasteiger partial charge in [0.1, 0.15) is 5.82 Å². The average Bonchev–Trinajstić information content (AvgIpc) is 2.57. The highest BCUT2D eigenvalue weighted by Gasteiger charge is 2.12. The fourth-order valence-corrected chi connectivity index (χ4v) is 3.05. The Bertz CT molecular complexity index is 360. The molecular weight excluding hydrogens is 230 g/mol. The molecule has 0 bridgehead atoms. The summed E-state index contributed by atoms with van der Waals surface area (Å²) in [7, 11) is 1.98. The zero-order valence-electron chi connectivity index (χ0n) is 10.7. The summed E-state index contributed by atoms with van der Waals surface area (Å²) in [5.74, 6) is 3.65. The lowest BCUT2D eigenvalue weighted by atomic mass is 10.2. The Hall–Kier alpha value is -0.740. The first-order valence-corrected chi connectivity index (χ1v) is 7.40. The number of hydrogen-bond donors (Lipinski definition) is 1. The number of pyridine rings is 1. The Balaban J connectivity index is 2.17. The van der Waals surface area contributed by atoms with Crippen LogP contribution in [0.4, 0.5) is 5.82 Å². The molecular formula is C13H21N3S. The molecule has 0 spiro atoms. The predicted molar refractivity (Wildman–Crippen MR) is 75.9 cm³/mol. The van der Waals surface area contributed by atoms with E-state index in [0.29, 0.717) is 0 Å². The average molecular weight is 251 g/mol. The minimum absolute atomic E-state index is 0.916. The molecule has 0 unspecified atom stereocenters. The standard InChI is InChI=1S/C13H21N3S/c1-11-8-12(10-14-2)9-13(15-11)16-4-3-6-17-7-5-16/h8-9,14H,3-7,10H2,1-2H3. The van der Waals surface area contributed by atoms with Gasteiger partial charge in [0.25, 0.3) is 0 Å². The summed E-state index contributed by atoms with van der Waals surface area (Å²) in [5.41, 5.74) is 2.44. The maximum absolute atomic E-state index is 4.67. The number of aryl methyl sites for hydroxylation is 1. The second kappa shape index (κ2) is 6.26.